The van der Waals surface area contributed by atoms with Crippen molar-refractivity contribution in [2.75, 3.05) is 0 Å². The van der Waals surface area contributed by atoms with Crippen LogP contribution in [-0.2, 0) is 4.79 Å². The van der Waals surface area contributed by atoms with Gasteiger partial charge < -0.3 is 18.8 Å². The normalized spacial score (nSPS) is 5.60. The number of carboxylic acid groups (broad SMARTS) is 2. The third kappa shape index (κ3) is 182. The van der Waals surface area contributed by atoms with Crippen molar-refractivity contribution >= 4 is 35.1 Å². The van der Waals surface area contributed by atoms with Crippen LogP contribution in [0.2, 0.25) is 0 Å². The van der Waals surface area contributed by atoms with Crippen LogP contribution in [0.3, 0.4) is 0 Å². The van der Waals surface area contributed by atoms with E-state index in [0.717, 1.165) is 6.08 Å². The van der Waals surface area contributed by atoms with Gasteiger partial charge in [0, 0.05) is 0 Å². The Morgan fingerprint density at radius 2 is 1.60 bits per heavy atom. The number of rotatable bonds is 1. The molecule has 0 bridgehead atoms. The Balaban J connectivity index is -0.0000000221. The van der Waals surface area contributed by atoms with Gasteiger partial charge in [-0.25, -0.2) is 4.79 Å². The fourth-order valence-corrected chi connectivity index (χ4v) is 0. The van der Waals surface area contributed by atoms with Crippen LogP contribution in [-0.4, -0.2) is 45.3 Å². The van der Waals surface area contributed by atoms with E-state index in [-0.39, 0.29) is 25.9 Å². The van der Waals surface area contributed by atoms with Crippen LogP contribution in [0.5, 0.6) is 0 Å². The van der Waals surface area contributed by atoms with Gasteiger partial charge in [-0.1, -0.05) is 6.58 Å². The third-order valence-corrected chi connectivity index (χ3v) is 0.201. The molecule has 0 rings (SSSR count). The van der Waals surface area contributed by atoms with Crippen LogP contribution in [0.1, 0.15) is 2.85 Å². The smallest absolute Gasteiger partial charge is 1.00 e. The van der Waals surface area contributed by atoms with E-state index in [1.807, 2.05) is 0 Å². The van der Waals surface area contributed by atoms with Crippen molar-refractivity contribution in [3.8, 4) is 0 Å². The monoisotopic (exact) mass is 159 g/mol. The molecule has 0 aliphatic heterocycles. The summed E-state index contributed by atoms with van der Waals surface area (Å²) in [6, 6.07) is 0. The second-order valence-corrected chi connectivity index (χ2v) is 0.889. The molecule has 6 heteroatoms. The predicted octanol–water partition coefficient (Wildman–Crippen LogP) is -0.276. The Morgan fingerprint density at radius 3 is 1.60 bits per heavy atom. The minimum absolute atomic E-state index is 0. The van der Waals surface area contributed by atoms with E-state index >= 15 is 0 Å². The van der Waals surface area contributed by atoms with Gasteiger partial charge in [-0.2, -0.15) is 0 Å². The second-order valence-electron chi connectivity index (χ2n) is 0.889. The summed E-state index contributed by atoms with van der Waals surface area (Å²) in [6.45, 7) is 3.09. The Morgan fingerprint density at radius 1 is 1.50 bits per heavy atom. The molecular weight excluding hydrogens is 150 g/mol. The Labute approximate surface area is 76.6 Å². The summed E-state index contributed by atoms with van der Waals surface area (Å²) in [7, 11) is 0. The largest absolute Gasteiger partial charge is 2.00 e. The summed E-state index contributed by atoms with van der Waals surface area (Å²) in [5, 5.41) is 13.9. The van der Waals surface area contributed by atoms with Crippen molar-refractivity contribution in [1.82, 2.24) is 0 Å². The minimum atomic E-state index is -1.83. The molecule has 1 amide bonds. The molecule has 0 aromatic rings. The third-order valence-electron chi connectivity index (χ3n) is 0.201. The first-order valence-corrected chi connectivity index (χ1v) is 1.84. The number of carbonyl (C=O) groups excluding carboxylic acids is 1. The molecule has 0 unspecified atom stereocenters. The van der Waals surface area contributed by atoms with E-state index in [9.17, 15) is 4.79 Å². The number of primary amides is 1. The average Bonchev–Trinajstić information content (AvgIpc) is 1.65. The molecular formula is C4H9MgNO4. The Hall–Kier alpha value is -0.754. The van der Waals surface area contributed by atoms with E-state index in [4.69, 9.17) is 15.0 Å². The molecule has 0 fully saturated rings. The molecule has 4 N–H and O–H groups in total. The number of nitrogens with two attached hydrogens (primary N) is 1. The molecule has 0 spiro atoms. The van der Waals surface area contributed by atoms with Crippen molar-refractivity contribution < 1.29 is 22.7 Å². The fraction of sp³-hybridized carbons (Fsp3) is 0. The zero-order valence-electron chi connectivity index (χ0n) is 7.28. The van der Waals surface area contributed by atoms with Crippen molar-refractivity contribution in [3.05, 3.63) is 12.7 Å². The zero-order chi connectivity index (χ0) is 7.86. The molecule has 0 aromatic heterocycles. The summed E-state index contributed by atoms with van der Waals surface area (Å²) in [4.78, 5) is 18.0. The number of hydrogen-bond donors (Lipinski definition) is 3. The van der Waals surface area contributed by atoms with Crippen LogP contribution in [0.4, 0.5) is 4.79 Å². The van der Waals surface area contributed by atoms with Crippen molar-refractivity contribution in [3.63, 3.8) is 0 Å². The van der Waals surface area contributed by atoms with Gasteiger partial charge in [0.05, 0.1) is 0 Å². The van der Waals surface area contributed by atoms with Gasteiger partial charge in [0.2, 0.25) is 5.91 Å². The summed E-state index contributed by atoms with van der Waals surface area (Å²) in [5.74, 6) is -0.481. The number of amides is 1. The molecule has 10 heavy (non-hydrogen) atoms. The van der Waals surface area contributed by atoms with Crippen LogP contribution in [0.25, 0.3) is 0 Å². The summed E-state index contributed by atoms with van der Waals surface area (Å²) >= 11 is 0. The maximum atomic E-state index is 9.47. The van der Waals surface area contributed by atoms with Gasteiger partial charge in [-0.05, 0) is 6.08 Å². The molecule has 56 valence electrons. The van der Waals surface area contributed by atoms with Crippen LogP contribution < -0.4 is 5.73 Å². The number of hydrogen-bond acceptors (Lipinski definition) is 2. The maximum absolute atomic E-state index is 9.47. The van der Waals surface area contributed by atoms with Crippen molar-refractivity contribution in [2.45, 2.75) is 0 Å². The van der Waals surface area contributed by atoms with E-state index in [1.165, 1.54) is 0 Å². The molecule has 5 nitrogen and oxygen atoms in total. The molecule has 0 saturated heterocycles. The number of carbonyl (C=O) groups is 2. The first-order valence-electron chi connectivity index (χ1n) is 1.84. The van der Waals surface area contributed by atoms with Gasteiger partial charge in [0.15, 0.2) is 0 Å². The Kier molecular flexibility index (Phi) is 17.9. The quantitative estimate of drug-likeness (QED) is 0.362. The molecule has 0 atom stereocenters. The van der Waals surface area contributed by atoms with Crippen molar-refractivity contribution in [2.24, 2.45) is 5.73 Å². The van der Waals surface area contributed by atoms with Gasteiger partial charge in [-0.3, -0.25) is 4.79 Å². The Bertz CT molecular complexity index is 128. The molecule has 0 aliphatic rings. The summed E-state index contributed by atoms with van der Waals surface area (Å²) < 4.78 is 0. The van der Waals surface area contributed by atoms with E-state index in [0.29, 0.717) is 0 Å². The first-order chi connectivity index (χ1) is 4.00. The standard InChI is InChI=1S/C3H5NO.CH2O3.Mg.2H/c1-2-3(4)5;2-1(3)4;;;/h2H,1H2,(H2,4,5);(H2,2,3,4);;;/q;;+2;2*-1. The summed E-state index contributed by atoms with van der Waals surface area (Å²) in [5.41, 5.74) is 4.53. The van der Waals surface area contributed by atoms with E-state index in [2.05, 4.69) is 12.3 Å². The average molecular weight is 159 g/mol. The topological polar surface area (TPSA) is 101 Å². The van der Waals surface area contributed by atoms with E-state index < -0.39 is 12.1 Å². The van der Waals surface area contributed by atoms with Crippen molar-refractivity contribution in [1.29, 1.82) is 0 Å². The SMILES string of the molecule is C=CC(N)=O.O=C(O)O.[H-].[H-].[Mg+2]. The molecule has 0 aliphatic carbocycles. The fourth-order valence-electron chi connectivity index (χ4n) is 0. The van der Waals surface area contributed by atoms with Gasteiger partial charge >= 0.3 is 29.2 Å². The molecule has 0 aromatic carbocycles. The first kappa shape index (κ1) is 16.1. The second kappa shape index (κ2) is 11.1. The zero-order valence-corrected chi connectivity index (χ0v) is 6.69. The van der Waals surface area contributed by atoms with Crippen LogP contribution >= 0.6 is 0 Å². The predicted molar refractivity (Wildman–Crippen MR) is 38.0 cm³/mol. The van der Waals surface area contributed by atoms with Gasteiger partial charge in [0.1, 0.15) is 0 Å². The van der Waals surface area contributed by atoms with Gasteiger partial charge in [-0.15, -0.1) is 0 Å². The summed E-state index contributed by atoms with van der Waals surface area (Å²) in [6.07, 6.45) is -0.778. The molecule has 0 radical (unpaired) electrons. The van der Waals surface area contributed by atoms with E-state index in [1.54, 1.807) is 0 Å². The maximum Gasteiger partial charge on any atom is 2.00 e. The molecule has 0 heterocycles. The molecule has 0 saturated carbocycles. The minimum Gasteiger partial charge on any atom is -1.00 e. The van der Waals surface area contributed by atoms with Gasteiger partial charge in [0.25, 0.3) is 0 Å². The van der Waals surface area contributed by atoms with Crippen LogP contribution in [0, 0.1) is 0 Å². The van der Waals surface area contributed by atoms with Crippen LogP contribution in [0.15, 0.2) is 12.7 Å².